The second kappa shape index (κ2) is 7.99. The monoisotopic (exact) mass is 508 g/mol. The zero-order chi connectivity index (χ0) is 22.6. The van der Waals surface area contributed by atoms with Crippen LogP contribution in [-0.2, 0) is 6.18 Å². The number of ether oxygens (including phenoxy) is 1. The summed E-state index contributed by atoms with van der Waals surface area (Å²) in [6.45, 7) is 3.49. The van der Waals surface area contributed by atoms with Gasteiger partial charge >= 0.3 is 12.2 Å². The third kappa shape index (κ3) is 3.94. The minimum atomic E-state index is -4.75. The van der Waals surface area contributed by atoms with Crippen LogP contribution in [0.15, 0.2) is 10.5 Å². The Bertz CT molecular complexity index is 1000. The molecule has 3 heterocycles. The number of anilines is 1. The predicted octanol–water partition coefficient (Wildman–Crippen LogP) is 4.96. The van der Waals surface area contributed by atoms with Crippen molar-refractivity contribution in [2.75, 3.05) is 38.2 Å². The summed E-state index contributed by atoms with van der Waals surface area (Å²) in [5.41, 5.74) is -1.86. The van der Waals surface area contributed by atoms with E-state index >= 15 is 0 Å². The quantitative estimate of drug-likeness (QED) is 0.534. The van der Waals surface area contributed by atoms with Gasteiger partial charge in [0.2, 0.25) is 0 Å². The highest BCUT2D eigenvalue weighted by Crippen LogP contribution is 2.42. The maximum atomic E-state index is 15.0. The topological polar surface area (TPSA) is 41.5 Å². The lowest BCUT2D eigenvalue weighted by Crippen LogP contribution is -2.43. The zero-order valence-electron chi connectivity index (χ0n) is 17.1. The molecule has 0 amide bonds. The number of hydrogen-bond acceptors (Lipinski definition) is 5. The van der Waals surface area contributed by atoms with Gasteiger partial charge in [0.05, 0.1) is 15.6 Å². The second-order valence-electron chi connectivity index (χ2n) is 8.15. The molecule has 0 N–H and O–H groups in total. The number of aromatic nitrogens is 2. The number of alkyl halides is 4. The maximum absolute atomic E-state index is 15.0. The van der Waals surface area contributed by atoms with Crippen LogP contribution in [0.2, 0.25) is 0 Å². The lowest BCUT2D eigenvalue weighted by Gasteiger charge is -2.31. The Morgan fingerprint density at radius 1 is 1.35 bits per heavy atom. The first kappa shape index (κ1) is 22.4. The summed E-state index contributed by atoms with van der Waals surface area (Å²) >= 11 is 2.72. The normalized spacial score (nSPS) is 24.1. The molecule has 0 aliphatic carbocycles. The molecule has 2 aromatic rings. The van der Waals surface area contributed by atoms with Crippen LogP contribution in [0.4, 0.5) is 27.8 Å². The number of nitrogens with zero attached hydrogens (tertiary/aromatic N) is 4. The molecule has 11 heteroatoms. The molecule has 2 fully saturated rings. The molecule has 170 valence electrons. The molecule has 2 aliphatic rings. The van der Waals surface area contributed by atoms with Gasteiger partial charge in [-0.3, -0.25) is 4.90 Å². The lowest BCUT2D eigenvalue weighted by molar-refractivity contribution is -0.138. The van der Waals surface area contributed by atoms with Crippen LogP contribution < -0.4 is 9.64 Å². The van der Waals surface area contributed by atoms with E-state index in [1.165, 1.54) is 0 Å². The van der Waals surface area contributed by atoms with E-state index in [1.807, 2.05) is 0 Å². The Hall–Kier alpha value is -1.75. The van der Waals surface area contributed by atoms with Crippen molar-refractivity contribution in [1.29, 1.82) is 0 Å². The molecule has 0 saturated carbocycles. The van der Waals surface area contributed by atoms with Crippen LogP contribution in [0.3, 0.4) is 0 Å². The third-order valence-corrected chi connectivity index (χ3v) is 6.98. The van der Waals surface area contributed by atoms with E-state index in [9.17, 15) is 22.0 Å². The van der Waals surface area contributed by atoms with Crippen molar-refractivity contribution in [3.8, 4) is 6.01 Å². The number of benzene rings is 1. The van der Waals surface area contributed by atoms with Gasteiger partial charge in [-0.05, 0) is 48.3 Å². The molecular weight excluding hydrogens is 487 g/mol. The van der Waals surface area contributed by atoms with Crippen molar-refractivity contribution in [2.45, 2.75) is 44.1 Å². The summed E-state index contributed by atoms with van der Waals surface area (Å²) < 4.78 is 74.2. The second-order valence-corrected chi connectivity index (χ2v) is 8.95. The van der Waals surface area contributed by atoms with Gasteiger partial charge in [-0.1, -0.05) is 0 Å². The van der Waals surface area contributed by atoms with Gasteiger partial charge in [-0.15, -0.1) is 0 Å². The van der Waals surface area contributed by atoms with E-state index in [-0.39, 0.29) is 29.3 Å². The molecule has 1 aromatic carbocycles. The molecule has 1 aromatic heterocycles. The summed E-state index contributed by atoms with van der Waals surface area (Å²) in [6.07, 6.45) is -3.63. The molecule has 2 aliphatic heterocycles. The highest BCUT2D eigenvalue weighted by atomic mass is 79.9. The number of halogens is 6. The Balaban J connectivity index is 1.76. The summed E-state index contributed by atoms with van der Waals surface area (Å²) in [5, 5.41) is -0.0601. The summed E-state index contributed by atoms with van der Waals surface area (Å²) in [4.78, 5) is 12.0. The molecule has 0 bridgehead atoms. The fourth-order valence-electron chi connectivity index (χ4n) is 4.53. The van der Waals surface area contributed by atoms with Gasteiger partial charge in [-0.25, -0.2) is 8.78 Å². The van der Waals surface area contributed by atoms with Crippen molar-refractivity contribution >= 4 is 32.7 Å². The van der Waals surface area contributed by atoms with Crippen molar-refractivity contribution < 1.29 is 26.7 Å². The highest BCUT2D eigenvalue weighted by Gasteiger charge is 2.49. The minimum Gasteiger partial charge on any atom is -0.461 e. The van der Waals surface area contributed by atoms with Gasteiger partial charge in [0.1, 0.15) is 24.1 Å². The Kier molecular flexibility index (Phi) is 5.78. The van der Waals surface area contributed by atoms with Crippen LogP contribution in [0, 0.1) is 5.82 Å². The van der Waals surface area contributed by atoms with Crippen molar-refractivity contribution in [1.82, 2.24) is 14.9 Å². The van der Waals surface area contributed by atoms with E-state index < -0.39 is 33.7 Å². The Morgan fingerprint density at radius 3 is 2.77 bits per heavy atom. The fraction of sp³-hybridized carbons (Fsp3) is 0.600. The van der Waals surface area contributed by atoms with Gasteiger partial charge in [0.25, 0.3) is 0 Å². The van der Waals surface area contributed by atoms with E-state index in [0.29, 0.717) is 19.5 Å². The summed E-state index contributed by atoms with van der Waals surface area (Å²) in [6, 6.07) is 0.701. The van der Waals surface area contributed by atoms with Gasteiger partial charge in [-0.2, -0.15) is 23.1 Å². The van der Waals surface area contributed by atoms with Crippen LogP contribution in [0.5, 0.6) is 6.01 Å². The Labute approximate surface area is 184 Å². The number of fused-ring (bicyclic) bond motifs is 2. The van der Waals surface area contributed by atoms with Crippen LogP contribution in [0.25, 0.3) is 10.9 Å². The van der Waals surface area contributed by atoms with Gasteiger partial charge in [0, 0.05) is 31.9 Å². The molecule has 2 atom stereocenters. The highest BCUT2D eigenvalue weighted by molar-refractivity contribution is 9.10. The largest absolute Gasteiger partial charge is 0.461 e. The number of hydrogen-bond donors (Lipinski definition) is 0. The minimum absolute atomic E-state index is 0.0601. The molecule has 0 radical (unpaired) electrons. The van der Waals surface area contributed by atoms with Crippen molar-refractivity contribution in [3.05, 3.63) is 21.9 Å². The maximum Gasteiger partial charge on any atom is 0.417 e. The summed E-state index contributed by atoms with van der Waals surface area (Å²) in [5.74, 6) is -0.997. The van der Waals surface area contributed by atoms with Crippen molar-refractivity contribution in [2.24, 2.45) is 0 Å². The molecule has 31 heavy (non-hydrogen) atoms. The standard InChI is InChI=1S/C20H22BrF5N4O/c1-3-29(2)17-12-7-13(20(24,25)26)14(21)15(23)16(12)27-18(28-17)31-10-19-5-4-6-30(19)9-11(22)8-19/h7,11H,3-6,8-10H2,1-2H3/t11-,19+/m1/s1. The molecule has 0 unspecified atom stereocenters. The average Bonchev–Trinajstić information content (AvgIpc) is 3.22. The first-order valence-corrected chi connectivity index (χ1v) is 10.8. The lowest BCUT2D eigenvalue weighted by atomic mass is 9.95. The van der Waals surface area contributed by atoms with Crippen molar-refractivity contribution in [3.63, 3.8) is 0 Å². The van der Waals surface area contributed by atoms with E-state index in [1.54, 1.807) is 18.9 Å². The molecule has 0 spiro atoms. The first-order chi connectivity index (χ1) is 14.6. The van der Waals surface area contributed by atoms with Gasteiger partial charge in [0.15, 0.2) is 5.82 Å². The number of rotatable bonds is 5. The Morgan fingerprint density at radius 2 is 2.10 bits per heavy atom. The average molecular weight is 509 g/mol. The van der Waals surface area contributed by atoms with E-state index in [4.69, 9.17) is 4.74 Å². The van der Waals surface area contributed by atoms with Gasteiger partial charge < -0.3 is 9.64 Å². The first-order valence-electron chi connectivity index (χ1n) is 10.1. The molecular formula is C20H22BrF5N4O. The van der Waals surface area contributed by atoms with Crippen LogP contribution >= 0.6 is 15.9 Å². The van der Waals surface area contributed by atoms with E-state index in [0.717, 1.165) is 25.5 Å². The third-order valence-electron chi connectivity index (χ3n) is 6.20. The van der Waals surface area contributed by atoms with E-state index in [2.05, 4.69) is 30.8 Å². The van der Waals surface area contributed by atoms with Crippen LogP contribution in [-0.4, -0.2) is 59.9 Å². The smallest absolute Gasteiger partial charge is 0.417 e. The molecule has 4 rings (SSSR count). The zero-order valence-corrected chi connectivity index (χ0v) is 18.7. The molecule has 5 nitrogen and oxygen atoms in total. The molecule has 2 saturated heterocycles. The predicted molar refractivity (Wildman–Crippen MR) is 110 cm³/mol. The van der Waals surface area contributed by atoms with Crippen LogP contribution in [0.1, 0.15) is 31.7 Å². The fourth-order valence-corrected chi connectivity index (χ4v) is 5.05. The summed E-state index contributed by atoms with van der Waals surface area (Å²) in [7, 11) is 1.64. The SMILES string of the molecule is CCN(C)c1nc(OC[C@@]23CCCN2C[C@H](F)C3)nc2c(F)c(Br)c(C(F)(F)F)cc12.